The lowest BCUT2D eigenvalue weighted by Crippen LogP contribution is -2.45. The van der Waals surface area contributed by atoms with Crippen molar-refractivity contribution in [1.29, 1.82) is 5.26 Å². The summed E-state index contributed by atoms with van der Waals surface area (Å²) in [6.07, 6.45) is 6.77. The molecule has 4 aromatic heterocycles. The van der Waals surface area contributed by atoms with Gasteiger partial charge >= 0.3 is 5.97 Å². The number of carboxylic acid groups (broad SMARTS) is 1. The number of anilines is 1. The molecule has 1 aliphatic heterocycles. The molecule has 5 heterocycles. The second-order valence-electron chi connectivity index (χ2n) is 12.8. The molecular formula is C36H34ClN7O5S. The van der Waals surface area contributed by atoms with Gasteiger partial charge in [-0.25, -0.2) is 14.8 Å². The van der Waals surface area contributed by atoms with Crippen LogP contribution in [-0.4, -0.2) is 80.6 Å². The predicted octanol–water partition coefficient (Wildman–Crippen LogP) is 5.56. The molecule has 0 bridgehead atoms. The molecule has 7 rings (SSSR count). The van der Waals surface area contributed by atoms with E-state index in [9.17, 15) is 24.8 Å². The van der Waals surface area contributed by atoms with Crippen molar-refractivity contribution in [3.05, 3.63) is 74.4 Å². The number of aryl methyl sites for hydroxylation is 1. The summed E-state index contributed by atoms with van der Waals surface area (Å²) in [6, 6.07) is 9.32. The summed E-state index contributed by atoms with van der Waals surface area (Å²) >= 11 is 7.66. The second kappa shape index (κ2) is 13.8. The maximum absolute atomic E-state index is 14.0. The van der Waals surface area contributed by atoms with Crippen LogP contribution in [0, 0.1) is 24.2 Å². The van der Waals surface area contributed by atoms with Crippen LogP contribution in [0.25, 0.3) is 32.2 Å². The Morgan fingerprint density at radius 2 is 1.94 bits per heavy atom. The first-order chi connectivity index (χ1) is 24.1. The van der Waals surface area contributed by atoms with E-state index in [0.717, 1.165) is 44.3 Å². The van der Waals surface area contributed by atoms with Crippen LogP contribution in [0.3, 0.4) is 0 Å². The third kappa shape index (κ3) is 6.42. The minimum atomic E-state index is -1.05. The van der Waals surface area contributed by atoms with Crippen molar-refractivity contribution >= 4 is 61.6 Å². The topological polar surface area (TPSA) is 155 Å². The Balaban J connectivity index is 1.12. The van der Waals surface area contributed by atoms with Gasteiger partial charge in [-0.3, -0.25) is 24.0 Å². The minimum Gasteiger partial charge on any atom is -0.491 e. The Kier molecular flexibility index (Phi) is 9.26. The molecule has 0 amide bonds. The number of nitriles is 1. The van der Waals surface area contributed by atoms with Crippen molar-refractivity contribution < 1.29 is 19.4 Å². The first kappa shape index (κ1) is 33.6. The number of carboxylic acids is 1. The smallest absolute Gasteiger partial charge is 0.338 e. The average molecular weight is 712 g/mol. The van der Waals surface area contributed by atoms with Crippen molar-refractivity contribution in [3.63, 3.8) is 0 Å². The zero-order chi connectivity index (χ0) is 35.1. The number of aromatic carboxylic acids is 1. The summed E-state index contributed by atoms with van der Waals surface area (Å²) < 4.78 is 8.42. The van der Waals surface area contributed by atoms with Crippen molar-refractivity contribution in [2.24, 2.45) is 5.92 Å². The van der Waals surface area contributed by atoms with Crippen LogP contribution in [0.2, 0.25) is 5.02 Å². The number of carbonyl (C=O) groups is 2. The number of ether oxygens (including phenoxy) is 1. The van der Waals surface area contributed by atoms with Gasteiger partial charge in [-0.05, 0) is 56.9 Å². The Hall–Kier alpha value is -4.90. The van der Waals surface area contributed by atoms with E-state index >= 15 is 0 Å². The number of rotatable bonds is 11. The third-order valence-corrected chi connectivity index (χ3v) is 10.9. The monoisotopic (exact) mass is 711 g/mol. The van der Waals surface area contributed by atoms with Gasteiger partial charge in [0, 0.05) is 59.8 Å². The van der Waals surface area contributed by atoms with Gasteiger partial charge in [-0.15, -0.1) is 11.3 Å². The van der Waals surface area contributed by atoms with Gasteiger partial charge in [-0.1, -0.05) is 11.6 Å². The zero-order valence-electron chi connectivity index (χ0n) is 27.6. The number of ketones is 1. The van der Waals surface area contributed by atoms with E-state index in [1.165, 1.54) is 15.9 Å². The molecule has 0 atom stereocenters. The Bertz CT molecular complexity index is 2250. The third-order valence-electron chi connectivity index (χ3n) is 9.62. The number of nitrogens with zero attached hydrogens (tertiary/aromatic N) is 7. The number of likely N-dealkylation sites (tertiary alicyclic amines) is 1. The molecule has 5 aromatic rings. The quantitative estimate of drug-likeness (QED) is 0.183. The van der Waals surface area contributed by atoms with Gasteiger partial charge in [-0.2, -0.15) is 5.26 Å². The van der Waals surface area contributed by atoms with Crippen LogP contribution in [0.1, 0.15) is 47.4 Å². The van der Waals surface area contributed by atoms with Crippen LogP contribution < -0.4 is 15.2 Å². The molecule has 1 N–H and O–H groups in total. The normalized spacial score (nSPS) is 15.3. The summed E-state index contributed by atoms with van der Waals surface area (Å²) in [5.74, 6) is 0.923. The van der Waals surface area contributed by atoms with Crippen molar-refractivity contribution in [3.8, 4) is 22.9 Å². The van der Waals surface area contributed by atoms with Gasteiger partial charge in [0.15, 0.2) is 0 Å². The summed E-state index contributed by atoms with van der Waals surface area (Å²) in [4.78, 5) is 55.8. The van der Waals surface area contributed by atoms with E-state index in [2.05, 4.69) is 25.9 Å². The molecule has 12 nitrogen and oxygen atoms in total. The molecule has 256 valence electrons. The standard InChI is InChI=1S/C36H34ClN7O5S/c1-20-41-28-17-40-34(42(2)23-8-11-43(12-9-23)18-29(45)21-3-4-21)26(16-38)31(28)35(46)44(20)13-14-49-30-6-5-22(37)15-25(30)24-7-10-39-32-27(36(47)48)19-50-33(24)32/h5-7,10,15,17,19,21,23H,3-4,8-9,11-14,18H2,1-2H3,(H,47,48). The highest BCUT2D eigenvalue weighted by atomic mass is 35.5. The Labute approximate surface area is 296 Å². The predicted molar refractivity (Wildman–Crippen MR) is 191 cm³/mol. The number of hydrogen-bond acceptors (Lipinski definition) is 11. The number of benzene rings is 1. The fourth-order valence-corrected chi connectivity index (χ4v) is 7.92. The van der Waals surface area contributed by atoms with E-state index in [1.807, 2.05) is 11.9 Å². The van der Waals surface area contributed by atoms with Crippen molar-refractivity contribution in [1.82, 2.24) is 24.4 Å². The molecule has 1 saturated carbocycles. The molecule has 1 saturated heterocycles. The van der Waals surface area contributed by atoms with E-state index < -0.39 is 5.97 Å². The van der Waals surface area contributed by atoms with Gasteiger partial charge in [0.2, 0.25) is 0 Å². The summed E-state index contributed by atoms with van der Waals surface area (Å²) in [6.45, 7) is 4.06. The number of carbonyl (C=O) groups excluding carboxylic acids is 1. The SMILES string of the molecule is Cc1nc2cnc(N(C)C3CCN(CC(=O)C4CC4)CC3)c(C#N)c2c(=O)n1CCOc1ccc(Cl)cc1-c1ccnc2c(C(=O)O)csc12. The lowest BCUT2D eigenvalue weighted by atomic mass is 10.0. The number of halogens is 1. The number of Topliss-reactive ketones (excluding diaryl/α,β-unsaturated/α-hetero) is 1. The molecule has 2 fully saturated rings. The molecular weight excluding hydrogens is 678 g/mol. The summed E-state index contributed by atoms with van der Waals surface area (Å²) in [5, 5.41) is 22.2. The van der Waals surface area contributed by atoms with Gasteiger partial charge in [0.05, 0.1) is 46.0 Å². The van der Waals surface area contributed by atoms with Crippen molar-refractivity contribution in [2.75, 3.05) is 38.2 Å². The highest BCUT2D eigenvalue weighted by molar-refractivity contribution is 7.18. The van der Waals surface area contributed by atoms with Crippen LogP contribution in [0.4, 0.5) is 5.82 Å². The molecule has 0 unspecified atom stereocenters. The molecule has 2 aliphatic rings. The fraction of sp³-hybridized carbons (Fsp3) is 0.361. The van der Waals surface area contributed by atoms with Gasteiger partial charge < -0.3 is 14.7 Å². The van der Waals surface area contributed by atoms with Crippen LogP contribution in [0.5, 0.6) is 5.75 Å². The molecule has 1 aromatic carbocycles. The maximum Gasteiger partial charge on any atom is 0.338 e. The number of fused-ring (bicyclic) bond motifs is 2. The lowest BCUT2D eigenvalue weighted by molar-refractivity contribution is -0.121. The number of thiophene rings is 1. The number of pyridine rings is 2. The van der Waals surface area contributed by atoms with Crippen LogP contribution in [0.15, 0.2) is 46.8 Å². The number of piperidine rings is 1. The van der Waals surface area contributed by atoms with E-state index in [-0.39, 0.29) is 47.2 Å². The van der Waals surface area contributed by atoms with Crippen molar-refractivity contribution in [2.45, 2.75) is 45.2 Å². The maximum atomic E-state index is 14.0. The van der Waals surface area contributed by atoms with E-state index in [1.54, 1.807) is 49.0 Å². The fourth-order valence-electron chi connectivity index (χ4n) is 6.72. The average Bonchev–Trinajstić information content (AvgIpc) is 3.87. The lowest BCUT2D eigenvalue weighted by Gasteiger charge is -2.37. The number of aromatic nitrogens is 4. The summed E-state index contributed by atoms with van der Waals surface area (Å²) in [7, 11) is 1.90. The first-order valence-electron chi connectivity index (χ1n) is 16.4. The zero-order valence-corrected chi connectivity index (χ0v) is 29.1. The molecule has 0 spiro atoms. The largest absolute Gasteiger partial charge is 0.491 e. The van der Waals surface area contributed by atoms with E-state index in [4.69, 9.17) is 16.3 Å². The number of hydrogen-bond donors (Lipinski definition) is 1. The van der Waals surface area contributed by atoms with Gasteiger partial charge in [0.25, 0.3) is 5.56 Å². The van der Waals surface area contributed by atoms with Crippen LogP contribution >= 0.6 is 22.9 Å². The molecule has 50 heavy (non-hydrogen) atoms. The summed E-state index contributed by atoms with van der Waals surface area (Å²) in [5.41, 5.74) is 2.07. The molecule has 0 radical (unpaired) electrons. The molecule has 14 heteroatoms. The van der Waals surface area contributed by atoms with E-state index in [0.29, 0.717) is 56.0 Å². The van der Waals surface area contributed by atoms with Gasteiger partial charge in [0.1, 0.15) is 41.4 Å². The highest BCUT2D eigenvalue weighted by Gasteiger charge is 2.32. The Morgan fingerprint density at radius 3 is 2.66 bits per heavy atom. The minimum absolute atomic E-state index is 0.100. The Morgan fingerprint density at radius 1 is 1.16 bits per heavy atom. The first-order valence-corrected chi connectivity index (χ1v) is 17.7. The molecule has 1 aliphatic carbocycles. The van der Waals surface area contributed by atoms with Crippen LogP contribution in [-0.2, 0) is 11.3 Å². The second-order valence-corrected chi connectivity index (χ2v) is 14.1. The highest BCUT2D eigenvalue weighted by Crippen LogP contribution is 2.39.